The first-order valence-corrected chi connectivity index (χ1v) is 7.04. The summed E-state index contributed by atoms with van der Waals surface area (Å²) in [6.07, 6.45) is -5.21. The highest BCUT2D eigenvalue weighted by Gasteiger charge is 2.43. The Labute approximate surface area is 133 Å². The zero-order valence-electron chi connectivity index (χ0n) is 12.1. The van der Waals surface area contributed by atoms with Crippen molar-refractivity contribution in [2.75, 3.05) is 20.0 Å². The van der Waals surface area contributed by atoms with Crippen molar-refractivity contribution in [1.82, 2.24) is 0 Å². The van der Waals surface area contributed by atoms with Crippen molar-refractivity contribution in [3.8, 4) is 5.75 Å². The van der Waals surface area contributed by atoms with E-state index in [9.17, 15) is 27.2 Å². The minimum absolute atomic E-state index is 0.0207. The van der Waals surface area contributed by atoms with Crippen LogP contribution in [0.1, 0.15) is 10.4 Å². The molecule has 0 fully saturated rings. The molecule has 126 valence electrons. The predicted octanol–water partition coefficient (Wildman–Crippen LogP) is 3.53. The maximum absolute atomic E-state index is 13.6. The lowest BCUT2D eigenvalue weighted by Gasteiger charge is -2.10. The second kappa shape index (κ2) is 8.00. The van der Waals surface area contributed by atoms with Gasteiger partial charge in [-0.05, 0) is 24.3 Å². The number of alkyl halides is 3. The van der Waals surface area contributed by atoms with Crippen molar-refractivity contribution in [3.63, 3.8) is 0 Å². The molecule has 9 heteroatoms. The minimum Gasteiger partial charge on any atom is -0.497 e. The van der Waals surface area contributed by atoms with Gasteiger partial charge in [0.1, 0.15) is 5.75 Å². The van der Waals surface area contributed by atoms with Gasteiger partial charge in [-0.1, -0.05) is 11.8 Å². The number of thioether (sulfide) groups is 1. The van der Waals surface area contributed by atoms with Gasteiger partial charge in [0, 0.05) is 5.56 Å². The fourth-order valence-electron chi connectivity index (χ4n) is 1.47. The summed E-state index contributed by atoms with van der Waals surface area (Å²) in [4.78, 5) is 22.8. The van der Waals surface area contributed by atoms with E-state index in [2.05, 4.69) is 4.74 Å². The molecule has 0 heterocycles. The van der Waals surface area contributed by atoms with Gasteiger partial charge in [0.05, 0.1) is 20.0 Å². The van der Waals surface area contributed by atoms with Crippen LogP contribution >= 0.6 is 11.8 Å². The molecule has 0 aliphatic heterocycles. The zero-order chi connectivity index (χ0) is 17.6. The first kappa shape index (κ1) is 19.0. The fraction of sp³-hybridized carbons (Fsp3) is 0.286. The number of ketones is 1. The van der Waals surface area contributed by atoms with Crippen molar-refractivity contribution >= 4 is 23.5 Å². The van der Waals surface area contributed by atoms with Gasteiger partial charge in [0.2, 0.25) is 0 Å². The van der Waals surface area contributed by atoms with E-state index in [1.165, 1.54) is 31.4 Å². The highest BCUT2D eigenvalue weighted by atomic mass is 32.2. The lowest BCUT2D eigenvalue weighted by Crippen LogP contribution is -2.22. The molecule has 1 rings (SSSR count). The SMILES string of the molecule is COC(=O)/C(=C(\F)SCC(=O)c1ccc(OC)cc1)C(F)(F)F. The van der Waals surface area contributed by atoms with Crippen molar-refractivity contribution in [2.45, 2.75) is 6.18 Å². The van der Waals surface area contributed by atoms with Gasteiger partial charge >= 0.3 is 12.1 Å². The monoisotopic (exact) mass is 352 g/mol. The van der Waals surface area contributed by atoms with Gasteiger partial charge in [0.25, 0.3) is 0 Å². The number of carbonyl (C=O) groups excluding carboxylic acids is 2. The number of halogens is 4. The van der Waals surface area contributed by atoms with E-state index in [4.69, 9.17) is 4.74 Å². The Hall–Kier alpha value is -2.03. The normalized spacial score (nSPS) is 12.4. The van der Waals surface area contributed by atoms with Crippen LogP contribution < -0.4 is 4.74 Å². The van der Waals surface area contributed by atoms with Gasteiger partial charge < -0.3 is 9.47 Å². The van der Waals surface area contributed by atoms with Crippen LogP contribution in [0.3, 0.4) is 0 Å². The average Bonchev–Trinajstić information content (AvgIpc) is 2.51. The van der Waals surface area contributed by atoms with E-state index in [1.54, 1.807) is 0 Å². The molecule has 0 spiro atoms. The molecular formula is C14H12F4O4S. The molecule has 0 aromatic heterocycles. The molecule has 0 unspecified atom stereocenters. The van der Waals surface area contributed by atoms with Gasteiger partial charge in [-0.2, -0.15) is 17.6 Å². The van der Waals surface area contributed by atoms with Gasteiger partial charge in [-0.15, -0.1) is 0 Å². The van der Waals surface area contributed by atoms with Crippen LogP contribution in [-0.2, 0) is 9.53 Å². The summed E-state index contributed by atoms with van der Waals surface area (Å²) in [5.41, 5.74) is -1.88. The summed E-state index contributed by atoms with van der Waals surface area (Å²) in [6.45, 7) is 0. The first-order chi connectivity index (χ1) is 10.7. The molecule has 0 saturated heterocycles. The van der Waals surface area contributed by atoms with E-state index in [1.807, 2.05) is 0 Å². The summed E-state index contributed by atoms with van der Waals surface area (Å²) < 4.78 is 60.3. The third-order valence-electron chi connectivity index (χ3n) is 2.61. The quantitative estimate of drug-likeness (QED) is 0.339. The van der Waals surface area contributed by atoms with Crippen molar-refractivity contribution in [2.24, 2.45) is 0 Å². The van der Waals surface area contributed by atoms with Gasteiger partial charge in [-0.3, -0.25) is 4.79 Å². The standard InChI is InChI=1S/C14H12F4O4S/c1-21-9-5-3-8(4-6-9)10(19)7-23-12(15)11(13(20)22-2)14(16,17)18/h3-6H,7H2,1-2H3/b12-11-. The second-order valence-electron chi connectivity index (χ2n) is 4.08. The van der Waals surface area contributed by atoms with Gasteiger partial charge in [0.15, 0.2) is 16.5 Å². The third-order valence-corrected chi connectivity index (χ3v) is 3.48. The van der Waals surface area contributed by atoms with Crippen LogP contribution in [0.25, 0.3) is 0 Å². The number of methoxy groups -OCH3 is 2. The third kappa shape index (κ3) is 5.27. The number of ether oxygens (including phenoxy) is 2. The number of hydrogen-bond donors (Lipinski definition) is 0. The summed E-state index contributed by atoms with van der Waals surface area (Å²) in [6, 6.07) is 5.77. The Kier molecular flexibility index (Phi) is 6.62. The van der Waals surface area contributed by atoms with E-state index in [0.717, 1.165) is 0 Å². The molecule has 0 bridgehead atoms. The molecule has 0 aliphatic rings. The number of benzene rings is 1. The lowest BCUT2D eigenvalue weighted by atomic mass is 10.1. The molecule has 1 aromatic carbocycles. The highest BCUT2D eigenvalue weighted by molar-refractivity contribution is 8.03. The van der Waals surface area contributed by atoms with Crippen LogP contribution in [-0.4, -0.2) is 37.9 Å². The topological polar surface area (TPSA) is 52.6 Å². The van der Waals surface area contributed by atoms with E-state index in [-0.39, 0.29) is 17.3 Å². The second-order valence-corrected chi connectivity index (χ2v) is 5.01. The summed E-state index contributed by atoms with van der Waals surface area (Å²) in [7, 11) is 2.13. The average molecular weight is 352 g/mol. The van der Waals surface area contributed by atoms with E-state index in [0.29, 0.717) is 12.9 Å². The Morgan fingerprint density at radius 3 is 2.13 bits per heavy atom. The maximum atomic E-state index is 13.6. The molecule has 1 aromatic rings. The molecule has 0 atom stereocenters. The van der Waals surface area contributed by atoms with Crippen LogP contribution in [0.4, 0.5) is 17.6 Å². The molecule has 0 N–H and O–H groups in total. The molecule has 0 saturated carbocycles. The maximum Gasteiger partial charge on any atom is 0.426 e. The summed E-state index contributed by atoms with van der Waals surface area (Å²) in [5, 5.41) is -1.81. The molecule has 23 heavy (non-hydrogen) atoms. The highest BCUT2D eigenvalue weighted by Crippen LogP contribution is 2.34. The smallest absolute Gasteiger partial charge is 0.426 e. The van der Waals surface area contributed by atoms with Crippen LogP contribution in [0, 0.1) is 0 Å². The number of esters is 1. The number of carbonyl (C=O) groups is 2. The Morgan fingerprint density at radius 2 is 1.70 bits per heavy atom. The largest absolute Gasteiger partial charge is 0.497 e. The molecular weight excluding hydrogens is 340 g/mol. The number of rotatable bonds is 6. The van der Waals surface area contributed by atoms with Crippen molar-refractivity contribution in [1.29, 1.82) is 0 Å². The predicted molar refractivity (Wildman–Crippen MR) is 76.0 cm³/mol. The molecule has 0 amide bonds. The first-order valence-electron chi connectivity index (χ1n) is 6.06. The summed E-state index contributed by atoms with van der Waals surface area (Å²) in [5.74, 6) is -2.56. The Morgan fingerprint density at radius 1 is 1.13 bits per heavy atom. The Balaban J connectivity index is 2.86. The van der Waals surface area contributed by atoms with Crippen LogP contribution in [0.15, 0.2) is 35.0 Å². The van der Waals surface area contributed by atoms with E-state index >= 15 is 0 Å². The minimum atomic E-state index is -5.21. The van der Waals surface area contributed by atoms with Gasteiger partial charge in [-0.25, -0.2) is 4.79 Å². The lowest BCUT2D eigenvalue weighted by molar-refractivity contribution is -0.148. The Bertz CT molecular complexity index is 608. The van der Waals surface area contributed by atoms with Crippen molar-refractivity contribution < 1.29 is 36.6 Å². The summed E-state index contributed by atoms with van der Waals surface area (Å²) >= 11 is -0.0207. The molecule has 4 nitrogen and oxygen atoms in total. The number of Topliss-reactive ketones (excluding diaryl/α,β-unsaturated/α-hetero) is 1. The van der Waals surface area contributed by atoms with Crippen LogP contribution in [0.2, 0.25) is 0 Å². The fourth-order valence-corrected chi connectivity index (χ4v) is 2.24. The van der Waals surface area contributed by atoms with E-state index < -0.39 is 34.4 Å². The molecule has 0 radical (unpaired) electrons. The van der Waals surface area contributed by atoms with Crippen molar-refractivity contribution in [3.05, 3.63) is 40.6 Å². The number of hydrogen-bond acceptors (Lipinski definition) is 5. The molecule has 0 aliphatic carbocycles. The van der Waals surface area contributed by atoms with Crippen LogP contribution in [0.5, 0.6) is 5.75 Å². The zero-order valence-corrected chi connectivity index (χ0v) is 12.9.